The van der Waals surface area contributed by atoms with Gasteiger partial charge in [0.25, 0.3) is 0 Å². The lowest BCUT2D eigenvalue weighted by Gasteiger charge is -2.11. The molecule has 0 bridgehead atoms. The second kappa shape index (κ2) is 7.12. The van der Waals surface area contributed by atoms with Gasteiger partial charge in [-0.15, -0.1) is 10.2 Å². The number of hydrogen-bond donors (Lipinski definition) is 0. The molecule has 1 atom stereocenters. The number of aryl methyl sites for hydroxylation is 1. The van der Waals surface area contributed by atoms with Crippen LogP contribution in [0, 0.1) is 0 Å². The van der Waals surface area contributed by atoms with E-state index in [1.165, 1.54) is 11.8 Å². The van der Waals surface area contributed by atoms with Gasteiger partial charge in [-0.05, 0) is 24.6 Å². The van der Waals surface area contributed by atoms with Crippen LogP contribution in [0.15, 0.2) is 35.7 Å². The molecule has 0 saturated carbocycles. The molecule has 0 amide bonds. The molecule has 0 aliphatic heterocycles. The minimum atomic E-state index is -0.349. The van der Waals surface area contributed by atoms with Gasteiger partial charge in [0.05, 0.1) is 7.11 Å². The van der Waals surface area contributed by atoms with Crippen molar-refractivity contribution in [1.82, 2.24) is 14.8 Å². The second-order valence-electron chi connectivity index (χ2n) is 4.44. The predicted octanol–water partition coefficient (Wildman–Crippen LogP) is 2.05. The Morgan fingerprint density at radius 3 is 2.95 bits per heavy atom. The zero-order valence-electron chi connectivity index (χ0n) is 12.1. The molecule has 1 heterocycles. The number of rotatable bonds is 6. The van der Waals surface area contributed by atoms with E-state index < -0.39 is 0 Å². The first kappa shape index (κ1) is 15.4. The lowest BCUT2D eigenvalue weighted by Crippen LogP contribution is -2.17. The fourth-order valence-electron chi connectivity index (χ4n) is 1.62. The van der Waals surface area contributed by atoms with Crippen molar-refractivity contribution < 1.29 is 14.3 Å². The summed E-state index contributed by atoms with van der Waals surface area (Å²) in [5.74, 6) is 0.455. The van der Waals surface area contributed by atoms with Crippen LogP contribution in [-0.2, 0) is 23.2 Å². The number of carbonyl (C=O) groups is 1. The van der Waals surface area contributed by atoms with E-state index in [2.05, 4.69) is 10.2 Å². The summed E-state index contributed by atoms with van der Waals surface area (Å²) in [5.41, 5.74) is 0.888. The topological polar surface area (TPSA) is 66.2 Å². The van der Waals surface area contributed by atoms with Gasteiger partial charge < -0.3 is 14.0 Å². The number of carbonyl (C=O) groups excluding carboxylic acids is 1. The van der Waals surface area contributed by atoms with Gasteiger partial charge in [0.1, 0.15) is 23.9 Å². The summed E-state index contributed by atoms with van der Waals surface area (Å²) in [7, 11) is 3.43. The van der Waals surface area contributed by atoms with Crippen molar-refractivity contribution in [2.75, 3.05) is 7.11 Å². The summed E-state index contributed by atoms with van der Waals surface area (Å²) in [6, 6.07) is 7.43. The third-order valence-electron chi connectivity index (χ3n) is 2.80. The van der Waals surface area contributed by atoms with E-state index in [4.69, 9.17) is 9.47 Å². The molecule has 7 heteroatoms. The van der Waals surface area contributed by atoms with E-state index in [0.717, 1.165) is 11.3 Å². The van der Waals surface area contributed by atoms with Gasteiger partial charge in [0.15, 0.2) is 5.16 Å². The maximum absolute atomic E-state index is 12.0. The molecule has 0 aliphatic rings. The maximum atomic E-state index is 12.0. The Kier molecular flexibility index (Phi) is 5.21. The molecule has 1 aromatic carbocycles. The zero-order valence-corrected chi connectivity index (χ0v) is 13.0. The molecule has 1 aromatic heterocycles. The van der Waals surface area contributed by atoms with Gasteiger partial charge in [0.2, 0.25) is 0 Å². The van der Waals surface area contributed by atoms with Crippen molar-refractivity contribution in [1.29, 1.82) is 0 Å². The van der Waals surface area contributed by atoms with E-state index in [-0.39, 0.29) is 17.8 Å². The summed E-state index contributed by atoms with van der Waals surface area (Å²) < 4.78 is 12.2. The third-order valence-corrected chi connectivity index (χ3v) is 3.93. The molecule has 0 aliphatic carbocycles. The van der Waals surface area contributed by atoms with Crippen molar-refractivity contribution in [3.63, 3.8) is 0 Å². The first-order valence-electron chi connectivity index (χ1n) is 6.40. The zero-order chi connectivity index (χ0) is 15.2. The van der Waals surface area contributed by atoms with Crippen LogP contribution >= 0.6 is 11.8 Å². The van der Waals surface area contributed by atoms with Crippen LogP contribution in [0.3, 0.4) is 0 Å². The lowest BCUT2D eigenvalue weighted by molar-refractivity contribution is -0.143. The number of ether oxygens (including phenoxy) is 2. The molecule has 0 spiro atoms. The minimum absolute atomic E-state index is 0.222. The summed E-state index contributed by atoms with van der Waals surface area (Å²) in [6.07, 6.45) is 1.59. The highest BCUT2D eigenvalue weighted by Crippen LogP contribution is 2.21. The monoisotopic (exact) mass is 307 g/mol. The molecular formula is C14H17N3O3S. The first-order chi connectivity index (χ1) is 10.1. The molecule has 2 rings (SSSR count). The third kappa shape index (κ3) is 4.22. The Hall–Kier alpha value is -2.02. The Balaban J connectivity index is 1.87. The number of hydrogen-bond acceptors (Lipinski definition) is 6. The van der Waals surface area contributed by atoms with Crippen LogP contribution in [0.2, 0.25) is 0 Å². The first-order valence-corrected chi connectivity index (χ1v) is 7.28. The van der Waals surface area contributed by atoms with Crippen LogP contribution in [0.25, 0.3) is 0 Å². The smallest absolute Gasteiger partial charge is 0.319 e. The minimum Gasteiger partial charge on any atom is -0.497 e. The van der Waals surface area contributed by atoms with E-state index in [1.54, 1.807) is 24.9 Å². The van der Waals surface area contributed by atoms with Crippen molar-refractivity contribution in [2.24, 2.45) is 7.05 Å². The molecule has 21 heavy (non-hydrogen) atoms. The van der Waals surface area contributed by atoms with E-state index >= 15 is 0 Å². The average Bonchev–Trinajstić information content (AvgIpc) is 2.90. The number of aromatic nitrogens is 3. The highest BCUT2D eigenvalue weighted by atomic mass is 32.2. The van der Waals surface area contributed by atoms with Crippen LogP contribution in [-0.4, -0.2) is 33.1 Å². The van der Waals surface area contributed by atoms with Gasteiger partial charge in [-0.25, -0.2) is 0 Å². The van der Waals surface area contributed by atoms with Gasteiger partial charge in [-0.3, -0.25) is 4.79 Å². The highest BCUT2D eigenvalue weighted by molar-refractivity contribution is 8.00. The van der Waals surface area contributed by atoms with Crippen molar-refractivity contribution in [3.8, 4) is 5.75 Å². The predicted molar refractivity (Wildman–Crippen MR) is 79.1 cm³/mol. The molecule has 6 nitrogen and oxygen atoms in total. The van der Waals surface area contributed by atoms with Gasteiger partial charge in [-0.2, -0.15) is 0 Å². The Morgan fingerprint density at radius 2 is 2.29 bits per heavy atom. The molecule has 2 aromatic rings. The van der Waals surface area contributed by atoms with Gasteiger partial charge >= 0.3 is 5.97 Å². The fourth-order valence-corrected chi connectivity index (χ4v) is 2.41. The van der Waals surface area contributed by atoms with Gasteiger partial charge in [-0.1, -0.05) is 23.9 Å². The number of esters is 1. The molecule has 0 N–H and O–H groups in total. The Labute approximate surface area is 127 Å². The molecule has 0 fully saturated rings. The highest BCUT2D eigenvalue weighted by Gasteiger charge is 2.18. The fraction of sp³-hybridized carbons (Fsp3) is 0.357. The quantitative estimate of drug-likeness (QED) is 0.601. The summed E-state index contributed by atoms with van der Waals surface area (Å²) in [5, 5.41) is 8.04. The number of benzene rings is 1. The summed E-state index contributed by atoms with van der Waals surface area (Å²) in [6.45, 7) is 2.01. The largest absolute Gasteiger partial charge is 0.497 e. The van der Waals surface area contributed by atoms with Crippen LogP contribution in [0.1, 0.15) is 12.5 Å². The van der Waals surface area contributed by atoms with E-state index in [9.17, 15) is 4.79 Å². The van der Waals surface area contributed by atoms with Crippen molar-refractivity contribution in [2.45, 2.75) is 23.9 Å². The molecule has 0 saturated heterocycles. The second-order valence-corrected chi connectivity index (χ2v) is 5.75. The van der Waals surface area contributed by atoms with Crippen LogP contribution in [0.5, 0.6) is 5.75 Å². The molecular weight excluding hydrogens is 290 g/mol. The maximum Gasteiger partial charge on any atom is 0.319 e. The number of thioether (sulfide) groups is 1. The Bertz CT molecular complexity index is 615. The Morgan fingerprint density at radius 1 is 1.48 bits per heavy atom. The number of nitrogens with zero attached hydrogens (tertiary/aromatic N) is 3. The van der Waals surface area contributed by atoms with Gasteiger partial charge in [0, 0.05) is 7.05 Å². The normalized spacial score (nSPS) is 12.0. The average molecular weight is 307 g/mol. The van der Waals surface area contributed by atoms with Crippen molar-refractivity contribution in [3.05, 3.63) is 36.2 Å². The summed E-state index contributed by atoms with van der Waals surface area (Å²) in [4.78, 5) is 12.0. The van der Waals surface area contributed by atoms with E-state index in [1.807, 2.05) is 31.3 Å². The van der Waals surface area contributed by atoms with E-state index in [0.29, 0.717) is 5.16 Å². The standard InChI is InChI=1S/C14H17N3O3S/c1-10(21-14-16-15-9-17(14)2)13(18)20-8-11-5-4-6-12(7-11)19-3/h4-7,9-10H,8H2,1-3H3/t10-/m1/s1. The van der Waals surface area contributed by atoms with Crippen LogP contribution < -0.4 is 4.74 Å². The van der Waals surface area contributed by atoms with Crippen LogP contribution in [0.4, 0.5) is 0 Å². The number of methoxy groups -OCH3 is 1. The molecule has 112 valence electrons. The SMILES string of the molecule is COc1cccc(COC(=O)[C@@H](C)Sc2nncn2C)c1. The molecule has 0 unspecified atom stereocenters. The lowest BCUT2D eigenvalue weighted by atomic mass is 10.2. The summed E-state index contributed by atoms with van der Waals surface area (Å²) >= 11 is 1.32. The van der Waals surface area contributed by atoms with Crippen molar-refractivity contribution >= 4 is 17.7 Å². The molecule has 0 radical (unpaired) electrons.